The maximum Gasteiger partial charge on any atom is 0.416 e. The van der Waals surface area contributed by atoms with Gasteiger partial charge in [-0.1, -0.05) is 6.07 Å². The molecule has 0 aliphatic heterocycles. The van der Waals surface area contributed by atoms with Crippen molar-refractivity contribution in [2.45, 2.75) is 11.1 Å². The fourth-order valence-electron chi connectivity index (χ4n) is 2.05. The predicted molar refractivity (Wildman–Crippen MR) is 78.3 cm³/mol. The SMILES string of the molecule is O=S(=O)(Nc1cccc(C(F)(F)F)c1)c1ccc2nc[nH]c2c1. The highest BCUT2D eigenvalue weighted by Crippen LogP contribution is 2.31. The predicted octanol–water partition coefficient (Wildman–Crippen LogP) is 3.38. The van der Waals surface area contributed by atoms with Crippen molar-refractivity contribution in [3.8, 4) is 0 Å². The molecule has 0 aliphatic carbocycles. The first-order chi connectivity index (χ1) is 10.8. The number of alkyl halides is 3. The van der Waals surface area contributed by atoms with E-state index >= 15 is 0 Å². The molecule has 1 heterocycles. The molecule has 0 aliphatic rings. The molecule has 120 valence electrons. The Kier molecular flexibility index (Phi) is 3.52. The van der Waals surface area contributed by atoms with E-state index in [4.69, 9.17) is 0 Å². The van der Waals surface area contributed by atoms with Crippen LogP contribution in [-0.2, 0) is 16.2 Å². The quantitative estimate of drug-likeness (QED) is 0.767. The number of hydrogen-bond acceptors (Lipinski definition) is 3. The maximum absolute atomic E-state index is 12.7. The van der Waals surface area contributed by atoms with Gasteiger partial charge in [0.15, 0.2) is 0 Å². The Labute approximate surface area is 129 Å². The molecule has 1 aromatic heterocycles. The van der Waals surface area contributed by atoms with Crippen molar-refractivity contribution < 1.29 is 21.6 Å². The molecular weight excluding hydrogens is 331 g/mol. The summed E-state index contributed by atoms with van der Waals surface area (Å²) in [6.07, 6.45) is -3.13. The molecule has 3 aromatic rings. The zero-order valence-electron chi connectivity index (χ0n) is 11.4. The van der Waals surface area contributed by atoms with Gasteiger partial charge in [-0.15, -0.1) is 0 Å². The summed E-state index contributed by atoms with van der Waals surface area (Å²) in [5.74, 6) is 0. The second-order valence-electron chi connectivity index (χ2n) is 4.77. The van der Waals surface area contributed by atoms with Crippen molar-refractivity contribution in [1.82, 2.24) is 9.97 Å². The molecule has 2 aromatic carbocycles. The van der Waals surface area contributed by atoms with Crippen molar-refractivity contribution in [3.05, 3.63) is 54.4 Å². The topological polar surface area (TPSA) is 74.8 Å². The fraction of sp³-hybridized carbons (Fsp3) is 0.0714. The number of nitrogens with one attached hydrogen (secondary N) is 2. The van der Waals surface area contributed by atoms with Crippen LogP contribution in [0.15, 0.2) is 53.7 Å². The van der Waals surface area contributed by atoms with Crippen molar-refractivity contribution in [1.29, 1.82) is 0 Å². The lowest BCUT2D eigenvalue weighted by Crippen LogP contribution is -2.14. The van der Waals surface area contributed by atoms with E-state index in [9.17, 15) is 21.6 Å². The maximum atomic E-state index is 12.7. The minimum atomic E-state index is -4.55. The van der Waals surface area contributed by atoms with Crippen LogP contribution >= 0.6 is 0 Å². The molecule has 0 spiro atoms. The zero-order valence-corrected chi connectivity index (χ0v) is 12.2. The van der Waals surface area contributed by atoms with Crippen molar-refractivity contribution >= 4 is 26.7 Å². The second kappa shape index (κ2) is 5.27. The average Bonchev–Trinajstić information content (AvgIpc) is 2.93. The number of hydrogen-bond donors (Lipinski definition) is 2. The van der Waals surface area contributed by atoms with Gasteiger partial charge in [0.2, 0.25) is 0 Å². The number of aromatic amines is 1. The lowest BCUT2D eigenvalue weighted by atomic mass is 10.2. The molecule has 23 heavy (non-hydrogen) atoms. The molecule has 3 rings (SSSR count). The van der Waals surface area contributed by atoms with E-state index in [-0.39, 0.29) is 10.6 Å². The van der Waals surface area contributed by atoms with Gasteiger partial charge >= 0.3 is 6.18 Å². The van der Waals surface area contributed by atoms with Crippen LogP contribution in [0.5, 0.6) is 0 Å². The summed E-state index contributed by atoms with van der Waals surface area (Å²) in [5.41, 5.74) is 0.00573. The lowest BCUT2D eigenvalue weighted by molar-refractivity contribution is -0.137. The van der Waals surface area contributed by atoms with E-state index in [1.54, 1.807) is 0 Å². The van der Waals surface area contributed by atoms with E-state index < -0.39 is 21.8 Å². The molecule has 5 nitrogen and oxygen atoms in total. The molecule has 0 bridgehead atoms. The number of rotatable bonds is 3. The molecular formula is C14H10F3N3O2S. The minimum absolute atomic E-state index is 0.0772. The van der Waals surface area contributed by atoms with Crippen molar-refractivity contribution in [2.75, 3.05) is 4.72 Å². The highest BCUT2D eigenvalue weighted by molar-refractivity contribution is 7.92. The summed E-state index contributed by atoms with van der Waals surface area (Å²) < 4.78 is 64.8. The number of benzene rings is 2. The van der Waals surface area contributed by atoms with Crippen LogP contribution in [0.1, 0.15) is 5.56 Å². The normalized spacial score (nSPS) is 12.5. The van der Waals surface area contributed by atoms with Crippen LogP contribution in [0.3, 0.4) is 0 Å². The standard InChI is InChI=1S/C14H10F3N3O2S/c15-14(16,17)9-2-1-3-10(6-9)20-23(21,22)11-4-5-12-13(7-11)19-8-18-12/h1-8,20H,(H,18,19). The second-order valence-corrected chi connectivity index (χ2v) is 6.45. The third kappa shape index (κ3) is 3.14. The molecule has 0 atom stereocenters. The number of aromatic nitrogens is 2. The average molecular weight is 341 g/mol. The summed E-state index contributed by atoms with van der Waals surface area (Å²) in [6.45, 7) is 0. The Hall–Kier alpha value is -2.55. The Bertz CT molecular complexity index is 965. The van der Waals surface area contributed by atoms with Crippen LogP contribution in [0.25, 0.3) is 11.0 Å². The van der Waals surface area contributed by atoms with E-state index in [0.29, 0.717) is 11.0 Å². The molecule has 0 fully saturated rings. The Balaban J connectivity index is 1.94. The lowest BCUT2D eigenvalue weighted by Gasteiger charge is -2.11. The van der Waals surface area contributed by atoms with Gasteiger partial charge in [0.05, 0.1) is 27.8 Å². The van der Waals surface area contributed by atoms with E-state index in [1.165, 1.54) is 30.6 Å². The van der Waals surface area contributed by atoms with Gasteiger partial charge < -0.3 is 4.98 Å². The number of imidazole rings is 1. The molecule has 0 radical (unpaired) electrons. The number of fused-ring (bicyclic) bond motifs is 1. The number of anilines is 1. The number of halogens is 3. The smallest absolute Gasteiger partial charge is 0.345 e. The van der Waals surface area contributed by atoms with E-state index in [1.807, 2.05) is 0 Å². The summed E-state index contributed by atoms with van der Waals surface area (Å²) in [7, 11) is -4.01. The third-order valence-electron chi connectivity index (χ3n) is 3.14. The van der Waals surface area contributed by atoms with Gasteiger partial charge in [-0.05, 0) is 36.4 Å². The van der Waals surface area contributed by atoms with Crippen LogP contribution in [0, 0.1) is 0 Å². The molecule has 0 amide bonds. The van der Waals surface area contributed by atoms with Gasteiger partial charge in [-0.2, -0.15) is 13.2 Å². The monoisotopic (exact) mass is 341 g/mol. The van der Waals surface area contributed by atoms with Crippen LogP contribution < -0.4 is 4.72 Å². The Morgan fingerprint density at radius 2 is 1.87 bits per heavy atom. The molecule has 0 saturated heterocycles. The van der Waals surface area contributed by atoms with Crippen LogP contribution in [0.2, 0.25) is 0 Å². The zero-order chi connectivity index (χ0) is 16.7. The number of sulfonamides is 1. The van der Waals surface area contributed by atoms with Crippen LogP contribution in [0.4, 0.5) is 18.9 Å². The summed E-state index contributed by atoms with van der Waals surface area (Å²) >= 11 is 0. The van der Waals surface area contributed by atoms with Gasteiger partial charge in [-0.3, -0.25) is 4.72 Å². The minimum Gasteiger partial charge on any atom is -0.345 e. The molecule has 0 saturated carbocycles. The summed E-state index contributed by atoms with van der Waals surface area (Å²) in [5, 5.41) is 0. The molecule has 2 N–H and O–H groups in total. The molecule has 0 unspecified atom stereocenters. The fourth-order valence-corrected chi connectivity index (χ4v) is 3.13. The van der Waals surface area contributed by atoms with Gasteiger partial charge in [0, 0.05) is 5.69 Å². The Morgan fingerprint density at radius 1 is 1.09 bits per heavy atom. The van der Waals surface area contributed by atoms with Gasteiger partial charge in [-0.25, -0.2) is 13.4 Å². The first-order valence-corrected chi connectivity index (χ1v) is 7.87. The summed E-state index contributed by atoms with van der Waals surface area (Å²) in [6, 6.07) is 8.20. The van der Waals surface area contributed by atoms with Crippen LogP contribution in [-0.4, -0.2) is 18.4 Å². The number of H-pyrrole nitrogens is 1. The van der Waals surface area contributed by atoms with E-state index in [2.05, 4.69) is 14.7 Å². The third-order valence-corrected chi connectivity index (χ3v) is 4.52. The first kappa shape index (κ1) is 15.3. The summed E-state index contributed by atoms with van der Waals surface area (Å²) in [4.78, 5) is 6.66. The van der Waals surface area contributed by atoms with Crippen molar-refractivity contribution in [2.24, 2.45) is 0 Å². The highest BCUT2D eigenvalue weighted by atomic mass is 32.2. The van der Waals surface area contributed by atoms with Crippen molar-refractivity contribution in [3.63, 3.8) is 0 Å². The first-order valence-electron chi connectivity index (χ1n) is 6.39. The largest absolute Gasteiger partial charge is 0.416 e. The Morgan fingerprint density at radius 3 is 2.61 bits per heavy atom. The number of nitrogens with zero attached hydrogens (tertiary/aromatic N) is 1. The highest BCUT2D eigenvalue weighted by Gasteiger charge is 2.30. The van der Waals surface area contributed by atoms with Gasteiger partial charge in [0.1, 0.15) is 0 Å². The molecule has 9 heteroatoms. The van der Waals surface area contributed by atoms with Gasteiger partial charge in [0.25, 0.3) is 10.0 Å². The van der Waals surface area contributed by atoms with E-state index in [0.717, 1.165) is 18.2 Å².